The van der Waals surface area contributed by atoms with E-state index in [4.69, 9.17) is 11.6 Å². The first-order valence-corrected chi connectivity index (χ1v) is 6.64. The summed E-state index contributed by atoms with van der Waals surface area (Å²) in [6.07, 6.45) is -2.92. The quantitative estimate of drug-likeness (QED) is 0.880. The smallest absolute Gasteiger partial charge is 0.326 e. The van der Waals surface area contributed by atoms with Crippen LogP contribution >= 0.6 is 11.6 Å². The Balaban J connectivity index is 2.11. The molecule has 0 aromatic heterocycles. The van der Waals surface area contributed by atoms with E-state index in [0.29, 0.717) is 6.54 Å². The molecule has 1 aromatic carbocycles. The second-order valence-electron chi connectivity index (χ2n) is 4.72. The van der Waals surface area contributed by atoms with Gasteiger partial charge in [0.2, 0.25) is 5.91 Å². The number of rotatable bonds is 2. The first kappa shape index (κ1) is 15.1. The molecular formula is C13H14ClF3N2O. The molecule has 110 valence electrons. The molecule has 1 aliphatic heterocycles. The van der Waals surface area contributed by atoms with Gasteiger partial charge in [0.15, 0.2) is 0 Å². The Morgan fingerprint density at radius 3 is 2.75 bits per heavy atom. The zero-order valence-corrected chi connectivity index (χ0v) is 11.3. The lowest BCUT2D eigenvalue weighted by atomic mass is 9.99. The highest BCUT2D eigenvalue weighted by Gasteiger charge is 2.33. The maximum Gasteiger partial charge on any atom is 0.417 e. The summed E-state index contributed by atoms with van der Waals surface area (Å²) in [4.78, 5) is 11.9. The predicted octanol–water partition coefficient (Wildman–Crippen LogP) is 3.30. The van der Waals surface area contributed by atoms with Crippen molar-refractivity contribution >= 4 is 23.2 Å². The molecule has 7 heteroatoms. The van der Waals surface area contributed by atoms with E-state index in [1.165, 1.54) is 6.07 Å². The first-order valence-electron chi connectivity index (χ1n) is 6.26. The van der Waals surface area contributed by atoms with Crippen molar-refractivity contribution in [1.29, 1.82) is 0 Å². The maximum absolute atomic E-state index is 12.7. The molecule has 1 heterocycles. The van der Waals surface area contributed by atoms with Gasteiger partial charge in [-0.1, -0.05) is 11.6 Å². The number of piperidine rings is 1. The maximum atomic E-state index is 12.7. The summed E-state index contributed by atoms with van der Waals surface area (Å²) >= 11 is 5.52. The molecule has 0 unspecified atom stereocenters. The molecule has 1 atom stereocenters. The van der Waals surface area contributed by atoms with Crippen molar-refractivity contribution in [2.75, 3.05) is 18.4 Å². The average Bonchev–Trinajstić information content (AvgIpc) is 2.40. The fourth-order valence-corrected chi connectivity index (χ4v) is 2.36. The SMILES string of the molecule is O=C(Nc1ccc(Cl)c(C(F)(F)F)c1)[C@H]1CCCNC1. The van der Waals surface area contributed by atoms with Crippen LogP contribution in [-0.4, -0.2) is 19.0 Å². The van der Waals surface area contributed by atoms with E-state index in [-0.39, 0.29) is 22.5 Å². The van der Waals surface area contributed by atoms with Gasteiger partial charge in [0, 0.05) is 12.2 Å². The van der Waals surface area contributed by atoms with E-state index in [1.807, 2.05) is 0 Å². The third kappa shape index (κ3) is 3.64. The Bertz CT molecular complexity index is 499. The van der Waals surface area contributed by atoms with Crippen molar-refractivity contribution in [3.8, 4) is 0 Å². The van der Waals surface area contributed by atoms with Crippen LogP contribution in [0.1, 0.15) is 18.4 Å². The number of carbonyl (C=O) groups is 1. The van der Waals surface area contributed by atoms with Crippen LogP contribution in [0.15, 0.2) is 18.2 Å². The summed E-state index contributed by atoms with van der Waals surface area (Å²) in [6, 6.07) is 3.36. The number of hydrogen-bond donors (Lipinski definition) is 2. The molecule has 2 rings (SSSR count). The molecule has 3 nitrogen and oxygen atoms in total. The van der Waals surface area contributed by atoms with E-state index in [0.717, 1.165) is 31.5 Å². The highest BCUT2D eigenvalue weighted by atomic mass is 35.5. The zero-order chi connectivity index (χ0) is 14.8. The minimum atomic E-state index is -4.54. The molecule has 0 radical (unpaired) electrons. The second-order valence-corrected chi connectivity index (χ2v) is 5.13. The third-order valence-electron chi connectivity index (χ3n) is 3.21. The van der Waals surface area contributed by atoms with Crippen molar-refractivity contribution < 1.29 is 18.0 Å². The summed E-state index contributed by atoms with van der Waals surface area (Å²) < 4.78 is 38.1. The topological polar surface area (TPSA) is 41.1 Å². The number of nitrogens with one attached hydrogen (secondary N) is 2. The molecule has 1 aromatic rings. The number of carbonyl (C=O) groups excluding carboxylic acids is 1. The number of hydrogen-bond acceptors (Lipinski definition) is 2. The van der Waals surface area contributed by atoms with Crippen molar-refractivity contribution in [1.82, 2.24) is 5.32 Å². The molecule has 0 bridgehead atoms. The van der Waals surface area contributed by atoms with Gasteiger partial charge in [-0.25, -0.2) is 0 Å². The van der Waals surface area contributed by atoms with E-state index in [1.54, 1.807) is 0 Å². The van der Waals surface area contributed by atoms with Crippen molar-refractivity contribution in [2.24, 2.45) is 5.92 Å². The molecule has 0 saturated carbocycles. The van der Waals surface area contributed by atoms with Gasteiger partial charge in [-0.3, -0.25) is 4.79 Å². The van der Waals surface area contributed by atoms with E-state index in [2.05, 4.69) is 10.6 Å². The highest BCUT2D eigenvalue weighted by molar-refractivity contribution is 6.31. The van der Waals surface area contributed by atoms with Crippen LogP contribution in [0.4, 0.5) is 18.9 Å². The summed E-state index contributed by atoms with van der Waals surface area (Å²) in [5.74, 6) is -0.485. The van der Waals surface area contributed by atoms with Gasteiger partial charge in [-0.2, -0.15) is 13.2 Å². The van der Waals surface area contributed by atoms with Gasteiger partial charge in [0.1, 0.15) is 0 Å². The standard InChI is InChI=1S/C13H14ClF3N2O/c14-11-4-3-9(6-10(11)13(15,16)17)19-12(20)8-2-1-5-18-7-8/h3-4,6,8,18H,1-2,5,7H2,(H,19,20)/t8-/m0/s1. The molecule has 1 fully saturated rings. The molecule has 1 amide bonds. The fourth-order valence-electron chi connectivity index (χ4n) is 2.14. The number of alkyl halides is 3. The summed E-state index contributed by atoms with van der Waals surface area (Å²) in [6.45, 7) is 1.41. The van der Waals surface area contributed by atoms with Gasteiger partial charge in [-0.05, 0) is 37.6 Å². The van der Waals surface area contributed by atoms with Crippen molar-refractivity contribution in [3.05, 3.63) is 28.8 Å². The van der Waals surface area contributed by atoms with Crippen LogP contribution < -0.4 is 10.6 Å². The minimum absolute atomic E-state index is 0.109. The van der Waals surface area contributed by atoms with Crippen molar-refractivity contribution in [3.63, 3.8) is 0 Å². The Morgan fingerprint density at radius 1 is 1.40 bits per heavy atom. The number of anilines is 1. The summed E-state index contributed by atoms with van der Waals surface area (Å²) in [5, 5.41) is 5.22. The van der Waals surface area contributed by atoms with Gasteiger partial charge in [0.05, 0.1) is 16.5 Å². The van der Waals surface area contributed by atoms with Gasteiger partial charge in [0.25, 0.3) is 0 Å². The lowest BCUT2D eigenvalue weighted by molar-refractivity contribution is -0.137. The van der Waals surface area contributed by atoms with E-state index < -0.39 is 11.7 Å². The van der Waals surface area contributed by atoms with Crippen molar-refractivity contribution in [2.45, 2.75) is 19.0 Å². The van der Waals surface area contributed by atoms with Crippen LogP contribution in [0.3, 0.4) is 0 Å². The Hall–Kier alpha value is -1.27. The van der Waals surface area contributed by atoms with Gasteiger partial charge < -0.3 is 10.6 Å². The Kier molecular flexibility index (Phi) is 4.55. The van der Waals surface area contributed by atoms with Crippen LogP contribution in [0.5, 0.6) is 0 Å². The van der Waals surface area contributed by atoms with Crippen LogP contribution in [0.25, 0.3) is 0 Å². The zero-order valence-electron chi connectivity index (χ0n) is 10.6. The molecule has 1 aliphatic rings. The number of amides is 1. The molecule has 1 saturated heterocycles. The van der Waals surface area contributed by atoms with Gasteiger partial charge in [-0.15, -0.1) is 0 Å². The largest absolute Gasteiger partial charge is 0.417 e. The second kappa shape index (κ2) is 6.01. The Labute approximate surface area is 119 Å². The average molecular weight is 307 g/mol. The van der Waals surface area contributed by atoms with Crippen LogP contribution in [0, 0.1) is 5.92 Å². The normalized spacial score (nSPS) is 19.7. The number of benzene rings is 1. The van der Waals surface area contributed by atoms with E-state index in [9.17, 15) is 18.0 Å². The van der Waals surface area contributed by atoms with Crippen LogP contribution in [-0.2, 0) is 11.0 Å². The Morgan fingerprint density at radius 2 is 2.15 bits per heavy atom. The molecule has 0 spiro atoms. The molecule has 20 heavy (non-hydrogen) atoms. The number of halogens is 4. The summed E-state index contributed by atoms with van der Waals surface area (Å²) in [7, 11) is 0. The lowest BCUT2D eigenvalue weighted by Gasteiger charge is -2.22. The first-order chi connectivity index (χ1) is 9.38. The summed E-state index contributed by atoms with van der Waals surface area (Å²) in [5.41, 5.74) is -0.837. The predicted molar refractivity (Wildman–Crippen MR) is 70.7 cm³/mol. The monoisotopic (exact) mass is 306 g/mol. The van der Waals surface area contributed by atoms with Gasteiger partial charge >= 0.3 is 6.18 Å². The van der Waals surface area contributed by atoms with Crippen LogP contribution in [0.2, 0.25) is 5.02 Å². The molecule has 0 aliphatic carbocycles. The fraction of sp³-hybridized carbons (Fsp3) is 0.462. The molecular weight excluding hydrogens is 293 g/mol. The van der Waals surface area contributed by atoms with E-state index >= 15 is 0 Å². The lowest BCUT2D eigenvalue weighted by Crippen LogP contribution is -2.37. The minimum Gasteiger partial charge on any atom is -0.326 e. The highest BCUT2D eigenvalue weighted by Crippen LogP contribution is 2.36. The third-order valence-corrected chi connectivity index (χ3v) is 3.54. The molecule has 2 N–H and O–H groups in total.